The summed E-state index contributed by atoms with van der Waals surface area (Å²) in [6, 6.07) is 3.25. The van der Waals surface area contributed by atoms with Gasteiger partial charge in [-0.2, -0.15) is 0 Å². The van der Waals surface area contributed by atoms with Crippen molar-refractivity contribution in [1.82, 2.24) is 9.97 Å². The monoisotopic (exact) mass is 212 g/mol. The molecule has 0 saturated heterocycles. The smallest absolute Gasteiger partial charge is 0.162 e. The molecule has 1 N–H and O–H groups in total. The highest BCUT2D eigenvalue weighted by Crippen LogP contribution is 2.29. The summed E-state index contributed by atoms with van der Waals surface area (Å²) in [7, 11) is 1.50. The summed E-state index contributed by atoms with van der Waals surface area (Å²) in [5, 5.41) is 10.2. The van der Waals surface area contributed by atoms with E-state index in [-0.39, 0.29) is 18.2 Å². The van der Waals surface area contributed by atoms with Gasteiger partial charge in [0.2, 0.25) is 0 Å². The van der Waals surface area contributed by atoms with Crippen LogP contribution in [0.25, 0.3) is 10.9 Å². The number of hydrogen-bond donors (Lipinski definition) is 1. The molecule has 0 saturated carbocycles. The number of benzene rings is 1. The van der Waals surface area contributed by atoms with E-state index in [9.17, 15) is 5.11 Å². The van der Waals surface area contributed by atoms with Crippen molar-refractivity contribution in [3.63, 3.8) is 0 Å². The number of rotatable bonds is 1. The molecule has 0 radical (unpaired) electrons. The van der Waals surface area contributed by atoms with Crippen molar-refractivity contribution >= 4 is 23.3 Å². The number of hydrogen-bond acceptors (Lipinski definition) is 4. The van der Waals surface area contributed by atoms with Gasteiger partial charge in [0.05, 0.1) is 12.6 Å². The highest BCUT2D eigenvalue weighted by molar-refractivity contribution is 5.85. The first kappa shape index (κ1) is 10.5. The topological polar surface area (TPSA) is 55.2 Å². The van der Waals surface area contributed by atoms with Crippen molar-refractivity contribution in [2.45, 2.75) is 0 Å². The maximum Gasteiger partial charge on any atom is 0.162 e. The van der Waals surface area contributed by atoms with Crippen LogP contribution < -0.4 is 4.74 Å². The van der Waals surface area contributed by atoms with E-state index in [0.29, 0.717) is 5.75 Å². The number of fused-ring (bicyclic) bond motifs is 1. The Morgan fingerprint density at radius 1 is 1.36 bits per heavy atom. The van der Waals surface area contributed by atoms with E-state index in [4.69, 9.17) is 4.74 Å². The lowest BCUT2D eigenvalue weighted by atomic mass is 10.2. The maximum absolute atomic E-state index is 9.43. The molecular formula is C9H9ClN2O2. The first-order chi connectivity index (χ1) is 6.31. The van der Waals surface area contributed by atoms with E-state index in [1.807, 2.05) is 0 Å². The third-order valence-corrected chi connectivity index (χ3v) is 1.81. The number of nitrogens with zero attached hydrogens (tertiary/aromatic N) is 2. The van der Waals surface area contributed by atoms with Crippen molar-refractivity contribution in [1.29, 1.82) is 0 Å². The SMILES string of the molecule is COc1cc2ncncc2cc1O.Cl. The summed E-state index contributed by atoms with van der Waals surface area (Å²) in [5.41, 5.74) is 0.754. The molecule has 2 rings (SSSR count). The number of methoxy groups -OCH3 is 1. The molecule has 1 aromatic heterocycles. The van der Waals surface area contributed by atoms with E-state index < -0.39 is 0 Å². The van der Waals surface area contributed by atoms with Crippen LogP contribution in [0.3, 0.4) is 0 Å². The van der Waals surface area contributed by atoms with Crippen LogP contribution in [0, 0.1) is 0 Å². The number of phenolic OH excluding ortho intramolecular Hbond substituents is 1. The van der Waals surface area contributed by atoms with Gasteiger partial charge in [-0.25, -0.2) is 9.97 Å². The first-order valence-electron chi connectivity index (χ1n) is 3.78. The Morgan fingerprint density at radius 2 is 2.14 bits per heavy atom. The van der Waals surface area contributed by atoms with E-state index in [1.165, 1.54) is 13.4 Å². The Labute approximate surface area is 87.0 Å². The van der Waals surface area contributed by atoms with Crippen LogP contribution >= 0.6 is 12.4 Å². The highest BCUT2D eigenvalue weighted by atomic mass is 35.5. The van der Waals surface area contributed by atoms with E-state index in [1.54, 1.807) is 18.3 Å². The molecule has 0 aliphatic carbocycles. The van der Waals surface area contributed by atoms with Crippen LogP contribution in [0.5, 0.6) is 11.5 Å². The minimum absolute atomic E-state index is 0. The predicted molar refractivity (Wildman–Crippen MR) is 55.0 cm³/mol. The molecule has 2 aromatic rings. The zero-order valence-electron chi connectivity index (χ0n) is 7.47. The van der Waals surface area contributed by atoms with Gasteiger partial charge in [0.1, 0.15) is 6.33 Å². The molecule has 5 heteroatoms. The van der Waals surface area contributed by atoms with Crippen molar-refractivity contribution in [2.75, 3.05) is 7.11 Å². The minimum Gasteiger partial charge on any atom is -0.504 e. The second-order valence-corrected chi connectivity index (χ2v) is 2.61. The molecule has 1 aromatic carbocycles. The van der Waals surface area contributed by atoms with Crippen LogP contribution in [-0.2, 0) is 0 Å². The summed E-state index contributed by atoms with van der Waals surface area (Å²) < 4.78 is 4.94. The van der Waals surface area contributed by atoms with Gasteiger partial charge < -0.3 is 9.84 Å². The van der Waals surface area contributed by atoms with Gasteiger partial charge in [0, 0.05) is 17.6 Å². The molecule has 4 nitrogen and oxygen atoms in total. The van der Waals surface area contributed by atoms with Crippen molar-refractivity contribution in [3.05, 3.63) is 24.7 Å². The Balaban J connectivity index is 0.000000980. The number of aromatic hydroxyl groups is 1. The normalized spacial score (nSPS) is 9.50. The summed E-state index contributed by atoms with van der Waals surface area (Å²) >= 11 is 0. The summed E-state index contributed by atoms with van der Waals surface area (Å²) in [6.07, 6.45) is 3.10. The molecule has 0 spiro atoms. The summed E-state index contributed by atoms with van der Waals surface area (Å²) in [5.74, 6) is 0.524. The second-order valence-electron chi connectivity index (χ2n) is 2.61. The zero-order chi connectivity index (χ0) is 9.26. The fourth-order valence-electron chi connectivity index (χ4n) is 1.16. The van der Waals surface area contributed by atoms with Crippen LogP contribution in [0.1, 0.15) is 0 Å². The molecule has 0 atom stereocenters. The lowest BCUT2D eigenvalue weighted by molar-refractivity contribution is 0.374. The molecule has 74 valence electrons. The quantitative estimate of drug-likeness (QED) is 0.783. The third kappa shape index (κ3) is 1.70. The summed E-state index contributed by atoms with van der Waals surface area (Å²) in [4.78, 5) is 7.88. The van der Waals surface area contributed by atoms with E-state index >= 15 is 0 Å². The maximum atomic E-state index is 9.43. The molecule has 14 heavy (non-hydrogen) atoms. The highest BCUT2D eigenvalue weighted by Gasteiger charge is 2.03. The predicted octanol–water partition coefficient (Wildman–Crippen LogP) is 1.77. The molecule has 0 amide bonds. The first-order valence-corrected chi connectivity index (χ1v) is 3.78. The zero-order valence-corrected chi connectivity index (χ0v) is 8.28. The average molecular weight is 213 g/mol. The van der Waals surface area contributed by atoms with E-state index in [2.05, 4.69) is 9.97 Å². The van der Waals surface area contributed by atoms with Crippen LogP contribution in [0.4, 0.5) is 0 Å². The number of phenols is 1. The Hall–Kier alpha value is -1.55. The fraction of sp³-hybridized carbons (Fsp3) is 0.111. The van der Waals surface area contributed by atoms with Gasteiger partial charge in [-0.05, 0) is 6.07 Å². The standard InChI is InChI=1S/C9H8N2O2.ClH/c1-13-9-3-7-6(2-8(9)12)4-10-5-11-7;/h2-5,12H,1H3;1H. The molecule has 0 unspecified atom stereocenters. The number of aromatic nitrogens is 2. The van der Waals surface area contributed by atoms with Crippen molar-refractivity contribution in [2.24, 2.45) is 0 Å². The molecule has 0 aliphatic rings. The van der Waals surface area contributed by atoms with Gasteiger partial charge in [-0.15, -0.1) is 12.4 Å². The van der Waals surface area contributed by atoms with Crippen LogP contribution in [-0.4, -0.2) is 22.2 Å². The van der Waals surface area contributed by atoms with E-state index in [0.717, 1.165) is 10.9 Å². The Bertz CT molecular complexity index is 448. The summed E-state index contributed by atoms with van der Waals surface area (Å²) in [6.45, 7) is 0. The van der Waals surface area contributed by atoms with Gasteiger partial charge in [0.25, 0.3) is 0 Å². The lowest BCUT2D eigenvalue weighted by Crippen LogP contribution is -1.86. The third-order valence-electron chi connectivity index (χ3n) is 1.81. The van der Waals surface area contributed by atoms with Crippen molar-refractivity contribution in [3.8, 4) is 11.5 Å². The molecule has 0 fully saturated rings. The molecule has 1 heterocycles. The molecule has 0 bridgehead atoms. The van der Waals surface area contributed by atoms with Gasteiger partial charge in [-0.1, -0.05) is 0 Å². The van der Waals surface area contributed by atoms with Crippen LogP contribution in [0.15, 0.2) is 24.7 Å². The fourth-order valence-corrected chi connectivity index (χ4v) is 1.16. The minimum atomic E-state index is 0. The van der Waals surface area contributed by atoms with Crippen LogP contribution in [0.2, 0.25) is 0 Å². The second kappa shape index (κ2) is 4.11. The van der Waals surface area contributed by atoms with Crippen molar-refractivity contribution < 1.29 is 9.84 Å². The van der Waals surface area contributed by atoms with Gasteiger partial charge in [0.15, 0.2) is 11.5 Å². The Morgan fingerprint density at radius 3 is 2.86 bits per heavy atom. The van der Waals surface area contributed by atoms with Gasteiger partial charge >= 0.3 is 0 Å². The van der Waals surface area contributed by atoms with Gasteiger partial charge in [-0.3, -0.25) is 0 Å². The largest absolute Gasteiger partial charge is 0.504 e. The lowest BCUT2D eigenvalue weighted by Gasteiger charge is -2.03. The molecular weight excluding hydrogens is 204 g/mol. The average Bonchev–Trinajstić information content (AvgIpc) is 2.17. The number of halogens is 1. The number of ether oxygens (including phenoxy) is 1. The Kier molecular flexibility index (Phi) is 3.09. The molecule has 0 aliphatic heterocycles.